The molecule has 2 aromatic rings. The zero-order valence-corrected chi connectivity index (χ0v) is 23.1. The molecule has 1 unspecified atom stereocenters. The molecule has 3 rings (SSSR count). The first-order valence-electron chi connectivity index (χ1n) is 11.8. The molecule has 0 saturated heterocycles. The van der Waals surface area contributed by atoms with E-state index in [0.717, 1.165) is 28.1 Å². The number of nitrogens with zero attached hydrogens (tertiary/aromatic N) is 1. The number of rotatable bonds is 10. The molecule has 1 aromatic carbocycles. The lowest BCUT2D eigenvalue weighted by atomic mass is 9.92. The molecule has 6 heteroatoms. The normalized spacial score (nSPS) is 16.5. The summed E-state index contributed by atoms with van der Waals surface area (Å²) in [5, 5.41) is 11.4. The van der Waals surface area contributed by atoms with Crippen molar-refractivity contribution in [3.05, 3.63) is 52.3 Å². The van der Waals surface area contributed by atoms with Gasteiger partial charge in [-0.3, -0.25) is 4.98 Å². The van der Waals surface area contributed by atoms with Gasteiger partial charge in [0, 0.05) is 10.0 Å². The molecule has 1 fully saturated rings. The van der Waals surface area contributed by atoms with Gasteiger partial charge in [0.05, 0.1) is 18.5 Å². The Labute approximate surface area is 203 Å². The van der Waals surface area contributed by atoms with Crippen LogP contribution in [0.2, 0.25) is 16.6 Å². The van der Waals surface area contributed by atoms with Crippen molar-refractivity contribution < 1.29 is 14.3 Å². The molecule has 0 radical (unpaired) electrons. The average Bonchev–Trinajstić information content (AvgIpc) is 3.54. The van der Waals surface area contributed by atoms with Crippen LogP contribution in [0.4, 0.5) is 0 Å². The molecule has 1 aliphatic carbocycles. The van der Waals surface area contributed by atoms with Crippen molar-refractivity contribution >= 4 is 24.2 Å². The van der Waals surface area contributed by atoms with Crippen LogP contribution in [0.15, 0.2) is 41.0 Å². The van der Waals surface area contributed by atoms with Crippen LogP contribution in [0.3, 0.4) is 0 Å². The fraction of sp³-hybridized carbons (Fsp3) is 0.577. The number of halogens is 1. The summed E-state index contributed by atoms with van der Waals surface area (Å²) in [6.45, 7) is 16.2. The molecule has 1 saturated carbocycles. The summed E-state index contributed by atoms with van der Waals surface area (Å²) in [4.78, 5) is 4.62. The Morgan fingerprint density at radius 3 is 2.09 bits per heavy atom. The van der Waals surface area contributed by atoms with E-state index in [1.54, 1.807) is 13.1 Å². The van der Waals surface area contributed by atoms with Crippen LogP contribution in [-0.4, -0.2) is 25.0 Å². The number of pyridine rings is 1. The summed E-state index contributed by atoms with van der Waals surface area (Å²) in [6, 6.07) is 9.58. The fourth-order valence-electron chi connectivity index (χ4n) is 4.90. The van der Waals surface area contributed by atoms with E-state index in [9.17, 15) is 5.11 Å². The van der Waals surface area contributed by atoms with Crippen molar-refractivity contribution in [1.29, 1.82) is 0 Å². The predicted octanol–water partition coefficient (Wildman–Crippen LogP) is 7.44. The topological polar surface area (TPSA) is 51.6 Å². The SMILES string of the molecule is CC(C)[Si](Oc1ccc(C(C)(O)c2ccc(OCC3CC3)cc2Br)nc1)(C(C)C)C(C)C. The van der Waals surface area contributed by atoms with Crippen molar-refractivity contribution in [2.45, 2.75) is 83.5 Å². The maximum absolute atomic E-state index is 11.4. The van der Waals surface area contributed by atoms with Crippen molar-refractivity contribution in [2.24, 2.45) is 5.92 Å². The molecule has 1 atom stereocenters. The zero-order valence-electron chi connectivity index (χ0n) is 20.5. The van der Waals surface area contributed by atoms with E-state index in [-0.39, 0.29) is 0 Å². The van der Waals surface area contributed by atoms with Gasteiger partial charge in [-0.15, -0.1) is 0 Å². The van der Waals surface area contributed by atoms with E-state index >= 15 is 0 Å². The highest BCUT2D eigenvalue weighted by Crippen LogP contribution is 2.43. The smallest absolute Gasteiger partial charge is 0.258 e. The monoisotopic (exact) mass is 519 g/mol. The van der Waals surface area contributed by atoms with Crippen molar-refractivity contribution in [2.75, 3.05) is 6.61 Å². The Kier molecular flexibility index (Phi) is 7.78. The van der Waals surface area contributed by atoms with Crippen LogP contribution >= 0.6 is 15.9 Å². The minimum atomic E-state index is -2.05. The molecule has 0 spiro atoms. The molecule has 1 aliphatic rings. The first kappa shape index (κ1) is 25.3. The van der Waals surface area contributed by atoms with Gasteiger partial charge in [-0.1, -0.05) is 63.5 Å². The molecule has 0 bridgehead atoms. The molecule has 0 aliphatic heterocycles. The lowest BCUT2D eigenvalue weighted by Crippen LogP contribution is -2.50. The fourth-order valence-corrected chi connectivity index (χ4v) is 10.9. The van der Waals surface area contributed by atoms with Gasteiger partial charge in [-0.2, -0.15) is 0 Å². The number of ether oxygens (including phenoxy) is 1. The second-order valence-electron chi connectivity index (χ2n) is 10.3. The average molecular weight is 521 g/mol. The molecule has 0 amide bonds. The molecule has 1 N–H and O–H groups in total. The van der Waals surface area contributed by atoms with Crippen LogP contribution < -0.4 is 9.16 Å². The van der Waals surface area contributed by atoms with E-state index in [1.807, 2.05) is 30.3 Å². The molecule has 1 heterocycles. The third-order valence-electron chi connectivity index (χ3n) is 6.88. The predicted molar refractivity (Wildman–Crippen MR) is 137 cm³/mol. The lowest BCUT2D eigenvalue weighted by molar-refractivity contribution is 0.0965. The van der Waals surface area contributed by atoms with Gasteiger partial charge in [0.2, 0.25) is 0 Å². The largest absolute Gasteiger partial charge is 0.542 e. The quantitative estimate of drug-likeness (QED) is 0.331. The van der Waals surface area contributed by atoms with Gasteiger partial charge in [0.15, 0.2) is 0 Å². The second-order valence-corrected chi connectivity index (χ2v) is 16.5. The summed E-state index contributed by atoms with van der Waals surface area (Å²) < 4.78 is 13.4. The van der Waals surface area contributed by atoms with Gasteiger partial charge in [0.1, 0.15) is 17.1 Å². The van der Waals surface area contributed by atoms with E-state index in [4.69, 9.17) is 9.16 Å². The third-order valence-corrected chi connectivity index (χ3v) is 13.5. The Bertz CT molecular complexity index is 886. The molecular formula is C26H38BrNO3Si. The van der Waals surface area contributed by atoms with E-state index in [1.165, 1.54) is 12.8 Å². The number of aromatic nitrogens is 1. The lowest BCUT2D eigenvalue weighted by Gasteiger charge is -2.42. The number of aliphatic hydroxyl groups is 1. The first-order chi connectivity index (χ1) is 15.0. The molecule has 4 nitrogen and oxygen atoms in total. The van der Waals surface area contributed by atoms with Gasteiger partial charge in [-0.05, 0) is 66.6 Å². The van der Waals surface area contributed by atoms with Gasteiger partial charge in [0.25, 0.3) is 8.32 Å². The van der Waals surface area contributed by atoms with Crippen LogP contribution in [-0.2, 0) is 5.60 Å². The Morgan fingerprint density at radius 2 is 1.62 bits per heavy atom. The highest BCUT2D eigenvalue weighted by atomic mass is 79.9. The molecule has 176 valence electrons. The Hall–Kier alpha value is -1.37. The number of hydrogen-bond acceptors (Lipinski definition) is 4. The Morgan fingerprint density at radius 1 is 1.03 bits per heavy atom. The van der Waals surface area contributed by atoms with E-state index < -0.39 is 13.9 Å². The van der Waals surface area contributed by atoms with Crippen molar-refractivity contribution in [3.8, 4) is 11.5 Å². The van der Waals surface area contributed by atoms with Crippen LogP contribution in [0, 0.1) is 5.92 Å². The number of benzene rings is 1. The highest BCUT2D eigenvalue weighted by Gasteiger charge is 2.47. The van der Waals surface area contributed by atoms with Crippen LogP contribution in [0.25, 0.3) is 0 Å². The molecular weight excluding hydrogens is 482 g/mol. The minimum absolute atomic E-state index is 0.488. The summed E-state index contributed by atoms with van der Waals surface area (Å²) in [5.41, 5.74) is 1.57. The maximum atomic E-state index is 11.4. The van der Waals surface area contributed by atoms with Gasteiger partial charge >= 0.3 is 0 Å². The summed E-state index contributed by atoms with van der Waals surface area (Å²) >= 11 is 3.62. The van der Waals surface area contributed by atoms with Gasteiger partial charge < -0.3 is 14.3 Å². The summed E-state index contributed by atoms with van der Waals surface area (Å²) in [6.07, 6.45) is 4.28. The molecule has 1 aromatic heterocycles. The van der Waals surface area contributed by atoms with E-state index in [0.29, 0.717) is 28.2 Å². The van der Waals surface area contributed by atoms with Crippen LogP contribution in [0.5, 0.6) is 11.5 Å². The second kappa shape index (κ2) is 9.86. The standard InChI is InChI=1S/C26H38BrNO3Si/c1-17(2)32(18(3)4,19(5)6)31-22-11-13-25(28-15-22)26(7,29)23-12-10-21(14-24(23)27)30-16-20-8-9-20/h10-15,17-20,29H,8-9,16H2,1-7H3. The van der Waals surface area contributed by atoms with Crippen molar-refractivity contribution in [3.63, 3.8) is 0 Å². The van der Waals surface area contributed by atoms with Crippen LogP contribution in [0.1, 0.15) is 72.6 Å². The third kappa shape index (κ3) is 5.23. The highest BCUT2D eigenvalue weighted by molar-refractivity contribution is 9.10. The van der Waals surface area contributed by atoms with Gasteiger partial charge in [-0.25, -0.2) is 0 Å². The Balaban J connectivity index is 1.81. The zero-order chi connectivity index (χ0) is 23.7. The number of hydrogen-bond donors (Lipinski definition) is 1. The van der Waals surface area contributed by atoms with Crippen molar-refractivity contribution in [1.82, 2.24) is 4.98 Å². The van der Waals surface area contributed by atoms with E-state index in [2.05, 4.69) is 62.5 Å². The minimum Gasteiger partial charge on any atom is -0.542 e. The summed E-state index contributed by atoms with van der Waals surface area (Å²) in [5.74, 6) is 2.30. The summed E-state index contributed by atoms with van der Waals surface area (Å²) in [7, 11) is -2.05. The first-order valence-corrected chi connectivity index (χ1v) is 14.7. The molecule has 32 heavy (non-hydrogen) atoms. The maximum Gasteiger partial charge on any atom is 0.258 e.